The lowest BCUT2D eigenvalue weighted by Gasteiger charge is -2.04. The minimum absolute atomic E-state index is 0.0475. The van der Waals surface area contributed by atoms with Crippen LogP contribution < -0.4 is 11.0 Å². The molecule has 0 atom stereocenters. The number of aromatic nitrogens is 2. The Morgan fingerprint density at radius 2 is 1.29 bits per heavy atom. The standard InChI is InChI=1S/C29H23N7O2/c30-27(35-37)17-3-1-16(2-4-17)24-15-22-10-9-20(13-25(22)32-24)21-11-12-23-26(14-21)34-29(33-23)19-7-5-18(6-8-19)28(31)36-38/h1-14,37-38H,15H2,(H2,30,35)(H2,31,36)(H,33,34). The van der Waals surface area contributed by atoms with E-state index >= 15 is 0 Å². The lowest BCUT2D eigenvalue weighted by Crippen LogP contribution is -2.18. The van der Waals surface area contributed by atoms with Gasteiger partial charge in [-0.05, 0) is 40.5 Å². The van der Waals surface area contributed by atoms with Crippen LogP contribution in [0.1, 0.15) is 22.3 Å². The SMILES string of the molecule is N=C(NO)c1ccc(C2=Nc3cc(-c4ccc5[nH]c(-c6ccc(C(=N)NO)cc6)nc5c4)ccc3C2)cc1. The molecule has 1 aliphatic rings. The topological polar surface area (TPSA) is 153 Å². The molecule has 0 bridgehead atoms. The Hall–Kier alpha value is -5.12. The van der Waals surface area contributed by atoms with Gasteiger partial charge in [0.15, 0.2) is 0 Å². The van der Waals surface area contributed by atoms with Crippen LogP contribution in [0.15, 0.2) is 89.9 Å². The number of hydroxylamine groups is 2. The normalized spacial score (nSPS) is 12.2. The van der Waals surface area contributed by atoms with Gasteiger partial charge < -0.3 is 4.98 Å². The zero-order valence-corrected chi connectivity index (χ0v) is 20.1. The summed E-state index contributed by atoms with van der Waals surface area (Å²) in [5, 5.41) is 33.2. The lowest BCUT2D eigenvalue weighted by atomic mass is 9.99. The van der Waals surface area contributed by atoms with Crippen molar-refractivity contribution >= 4 is 34.1 Å². The van der Waals surface area contributed by atoms with Crippen LogP contribution in [0.3, 0.4) is 0 Å². The second kappa shape index (κ2) is 9.40. The average molecular weight is 502 g/mol. The summed E-state index contributed by atoms with van der Waals surface area (Å²) in [6.45, 7) is 0. The molecular weight excluding hydrogens is 478 g/mol. The second-order valence-corrected chi connectivity index (χ2v) is 9.02. The number of aromatic amines is 1. The number of benzene rings is 4. The van der Waals surface area contributed by atoms with Crippen LogP contribution in [0.4, 0.5) is 5.69 Å². The first-order chi connectivity index (χ1) is 18.5. The van der Waals surface area contributed by atoms with E-state index in [1.165, 1.54) is 0 Å². The first kappa shape index (κ1) is 23.3. The summed E-state index contributed by atoms with van der Waals surface area (Å²) in [4.78, 5) is 13.0. The largest absolute Gasteiger partial charge is 0.338 e. The molecular formula is C29H23N7O2. The van der Waals surface area contributed by atoms with Crippen LogP contribution >= 0.6 is 0 Å². The first-order valence-corrected chi connectivity index (χ1v) is 11.9. The summed E-state index contributed by atoms with van der Waals surface area (Å²) in [6, 6.07) is 27.1. The summed E-state index contributed by atoms with van der Waals surface area (Å²) in [6.07, 6.45) is 0.735. The Morgan fingerprint density at radius 3 is 1.95 bits per heavy atom. The van der Waals surface area contributed by atoms with E-state index in [-0.39, 0.29) is 11.7 Å². The van der Waals surface area contributed by atoms with Crippen molar-refractivity contribution in [3.8, 4) is 22.5 Å². The summed E-state index contributed by atoms with van der Waals surface area (Å²) < 4.78 is 0. The fourth-order valence-electron chi connectivity index (χ4n) is 4.60. The Labute approximate surface area is 217 Å². The molecule has 1 aromatic heterocycles. The number of fused-ring (bicyclic) bond motifs is 2. The highest BCUT2D eigenvalue weighted by Crippen LogP contribution is 2.34. The third-order valence-electron chi connectivity index (χ3n) is 6.69. The van der Waals surface area contributed by atoms with Gasteiger partial charge in [-0.2, -0.15) is 0 Å². The van der Waals surface area contributed by atoms with Gasteiger partial charge in [0.1, 0.15) is 17.5 Å². The van der Waals surface area contributed by atoms with E-state index in [0.29, 0.717) is 11.1 Å². The molecule has 38 heavy (non-hydrogen) atoms. The number of amidine groups is 2. The molecule has 6 rings (SSSR count). The van der Waals surface area contributed by atoms with Crippen LogP contribution in [0.2, 0.25) is 0 Å². The van der Waals surface area contributed by atoms with E-state index in [1.807, 2.05) is 41.3 Å². The number of rotatable bonds is 5. The Balaban J connectivity index is 1.26. The van der Waals surface area contributed by atoms with Gasteiger partial charge in [-0.25, -0.2) is 4.98 Å². The molecule has 0 saturated heterocycles. The van der Waals surface area contributed by atoms with Gasteiger partial charge in [-0.1, -0.05) is 66.7 Å². The minimum atomic E-state index is -0.0634. The van der Waals surface area contributed by atoms with Crippen LogP contribution in [0.5, 0.6) is 0 Å². The average Bonchev–Trinajstić information content (AvgIpc) is 3.60. The highest BCUT2D eigenvalue weighted by atomic mass is 16.5. The summed E-state index contributed by atoms with van der Waals surface area (Å²) >= 11 is 0. The van der Waals surface area contributed by atoms with Crippen molar-refractivity contribution in [3.63, 3.8) is 0 Å². The van der Waals surface area contributed by atoms with Crippen molar-refractivity contribution in [1.82, 2.24) is 20.9 Å². The number of aliphatic imine (C=N–C) groups is 1. The monoisotopic (exact) mass is 501 g/mol. The van der Waals surface area contributed by atoms with Crippen LogP contribution in [-0.2, 0) is 6.42 Å². The van der Waals surface area contributed by atoms with Gasteiger partial charge in [-0.3, -0.25) is 37.2 Å². The van der Waals surface area contributed by atoms with E-state index < -0.39 is 0 Å². The highest BCUT2D eigenvalue weighted by Gasteiger charge is 2.17. The quantitative estimate of drug-likeness (QED) is 0.100. The molecule has 9 nitrogen and oxygen atoms in total. The minimum Gasteiger partial charge on any atom is -0.338 e. The number of hydrogen-bond donors (Lipinski definition) is 7. The molecule has 0 unspecified atom stereocenters. The van der Waals surface area contributed by atoms with Crippen molar-refractivity contribution < 1.29 is 10.4 Å². The van der Waals surface area contributed by atoms with Gasteiger partial charge in [0.05, 0.1) is 22.4 Å². The van der Waals surface area contributed by atoms with Crippen molar-refractivity contribution in [2.45, 2.75) is 6.42 Å². The molecule has 0 radical (unpaired) electrons. The van der Waals surface area contributed by atoms with Crippen molar-refractivity contribution in [1.29, 1.82) is 10.8 Å². The molecule has 7 N–H and O–H groups in total. The molecule has 4 aromatic carbocycles. The molecule has 5 aromatic rings. The fourth-order valence-corrected chi connectivity index (χ4v) is 4.60. The molecule has 1 aliphatic heterocycles. The van der Waals surface area contributed by atoms with Gasteiger partial charge in [0.2, 0.25) is 0 Å². The van der Waals surface area contributed by atoms with Crippen molar-refractivity contribution in [2.75, 3.05) is 0 Å². The fraction of sp³-hybridized carbons (Fsp3) is 0.0345. The van der Waals surface area contributed by atoms with Gasteiger partial charge in [0, 0.05) is 23.1 Å². The zero-order valence-electron chi connectivity index (χ0n) is 20.1. The zero-order chi connectivity index (χ0) is 26.2. The van der Waals surface area contributed by atoms with Gasteiger partial charge >= 0.3 is 0 Å². The Morgan fingerprint density at radius 1 is 0.711 bits per heavy atom. The molecule has 0 aliphatic carbocycles. The molecule has 9 heteroatoms. The van der Waals surface area contributed by atoms with Gasteiger partial charge in [-0.15, -0.1) is 0 Å². The number of hydrogen-bond acceptors (Lipinski definition) is 6. The van der Waals surface area contributed by atoms with E-state index in [9.17, 15) is 0 Å². The summed E-state index contributed by atoms with van der Waals surface area (Å²) in [5.41, 5.74) is 13.7. The van der Waals surface area contributed by atoms with Gasteiger partial charge in [0.25, 0.3) is 0 Å². The van der Waals surface area contributed by atoms with E-state index in [0.717, 1.165) is 62.5 Å². The van der Waals surface area contributed by atoms with E-state index in [2.05, 4.69) is 35.3 Å². The molecule has 0 fully saturated rings. The number of H-pyrrole nitrogens is 1. The first-order valence-electron chi connectivity index (χ1n) is 11.9. The Bertz CT molecular complexity index is 1740. The van der Waals surface area contributed by atoms with Crippen LogP contribution in [0.25, 0.3) is 33.5 Å². The summed E-state index contributed by atoms with van der Waals surface area (Å²) in [5.74, 6) is 0.617. The maximum atomic E-state index is 8.93. The maximum absolute atomic E-state index is 8.93. The van der Waals surface area contributed by atoms with E-state index in [1.54, 1.807) is 24.3 Å². The number of imidazole rings is 1. The smallest absolute Gasteiger partial charge is 0.149 e. The predicted octanol–water partition coefficient (Wildman–Crippen LogP) is 5.18. The van der Waals surface area contributed by atoms with Crippen LogP contribution in [-0.4, -0.2) is 37.8 Å². The third-order valence-corrected chi connectivity index (χ3v) is 6.69. The molecule has 0 spiro atoms. The molecule has 2 heterocycles. The lowest BCUT2D eigenvalue weighted by molar-refractivity contribution is 0.234. The number of nitrogens with zero attached hydrogens (tertiary/aromatic N) is 2. The maximum Gasteiger partial charge on any atom is 0.149 e. The third kappa shape index (κ3) is 4.21. The van der Waals surface area contributed by atoms with E-state index in [4.69, 9.17) is 31.2 Å². The van der Waals surface area contributed by atoms with Crippen molar-refractivity contribution in [2.24, 2.45) is 4.99 Å². The highest BCUT2D eigenvalue weighted by molar-refractivity contribution is 6.07. The number of nitrogens with one attached hydrogen (secondary N) is 5. The summed E-state index contributed by atoms with van der Waals surface area (Å²) in [7, 11) is 0. The molecule has 186 valence electrons. The second-order valence-electron chi connectivity index (χ2n) is 9.02. The molecule has 0 saturated carbocycles. The predicted molar refractivity (Wildman–Crippen MR) is 147 cm³/mol. The van der Waals surface area contributed by atoms with Crippen molar-refractivity contribution in [3.05, 3.63) is 107 Å². The van der Waals surface area contributed by atoms with Crippen LogP contribution in [0, 0.1) is 10.8 Å². The molecule has 0 amide bonds. The Kier molecular flexibility index (Phi) is 5.76.